The van der Waals surface area contributed by atoms with Crippen molar-refractivity contribution in [3.05, 3.63) is 101 Å². The summed E-state index contributed by atoms with van der Waals surface area (Å²) in [7, 11) is 0. The maximum atomic E-state index is 11.4. The summed E-state index contributed by atoms with van der Waals surface area (Å²) < 4.78 is 0. The predicted molar refractivity (Wildman–Crippen MR) is 112 cm³/mol. The van der Waals surface area contributed by atoms with Crippen LogP contribution in [0.15, 0.2) is 84.0 Å². The normalized spacial score (nSPS) is 17.1. The van der Waals surface area contributed by atoms with Crippen molar-refractivity contribution < 1.29 is 4.79 Å². The molecule has 0 fully saturated rings. The number of carbonyl (C=O) groups excluding carboxylic acids is 1. The predicted octanol–water partition coefficient (Wildman–Crippen LogP) is 5.48. The molecule has 0 radical (unpaired) electrons. The van der Waals surface area contributed by atoms with Crippen LogP contribution in [0.4, 0.5) is 10.5 Å². The van der Waals surface area contributed by atoms with Crippen LogP contribution in [0.2, 0.25) is 0 Å². The van der Waals surface area contributed by atoms with Gasteiger partial charge in [-0.3, -0.25) is 0 Å². The van der Waals surface area contributed by atoms with Crippen molar-refractivity contribution in [3.63, 3.8) is 0 Å². The Morgan fingerprint density at radius 3 is 2.63 bits per heavy atom. The number of nitrogens with one attached hydrogen (secondary N) is 1. The van der Waals surface area contributed by atoms with E-state index in [4.69, 9.17) is 5.73 Å². The van der Waals surface area contributed by atoms with E-state index in [2.05, 4.69) is 60.0 Å². The smallest absolute Gasteiger partial charge is 0.316 e. The highest BCUT2D eigenvalue weighted by molar-refractivity contribution is 5.99. The molecule has 2 amide bonds. The van der Waals surface area contributed by atoms with Crippen LogP contribution < -0.4 is 11.1 Å². The monoisotopic (exact) mass is 354 g/mol. The molecule has 3 nitrogen and oxygen atoms in total. The highest BCUT2D eigenvalue weighted by Crippen LogP contribution is 2.38. The van der Waals surface area contributed by atoms with Gasteiger partial charge in [0.15, 0.2) is 0 Å². The van der Waals surface area contributed by atoms with Crippen molar-refractivity contribution in [2.24, 2.45) is 5.73 Å². The first kappa shape index (κ1) is 17.1. The Labute approximate surface area is 159 Å². The summed E-state index contributed by atoms with van der Waals surface area (Å²) in [4.78, 5) is 11.4. The van der Waals surface area contributed by atoms with Gasteiger partial charge < -0.3 is 11.1 Å². The zero-order valence-electron chi connectivity index (χ0n) is 15.1. The first-order chi connectivity index (χ1) is 13.2. The molecule has 0 saturated heterocycles. The number of benzene rings is 2. The van der Waals surface area contributed by atoms with E-state index in [9.17, 15) is 4.79 Å². The second-order valence-corrected chi connectivity index (χ2v) is 6.77. The van der Waals surface area contributed by atoms with Gasteiger partial charge in [0.05, 0.1) is 0 Å². The van der Waals surface area contributed by atoms with Crippen LogP contribution in [0.1, 0.15) is 29.5 Å². The summed E-state index contributed by atoms with van der Waals surface area (Å²) in [6.45, 7) is 0. The summed E-state index contributed by atoms with van der Waals surface area (Å²) in [6.07, 6.45) is 14.0. The largest absolute Gasteiger partial charge is 0.351 e. The van der Waals surface area contributed by atoms with Gasteiger partial charge in [-0.15, -0.1) is 0 Å². The Hall–Kier alpha value is -3.33. The summed E-state index contributed by atoms with van der Waals surface area (Å²) in [5, 5.41) is 2.73. The molecule has 2 aromatic rings. The van der Waals surface area contributed by atoms with Gasteiger partial charge in [-0.05, 0) is 64.8 Å². The van der Waals surface area contributed by atoms with E-state index >= 15 is 0 Å². The van der Waals surface area contributed by atoms with Crippen LogP contribution in [0.3, 0.4) is 0 Å². The zero-order valence-corrected chi connectivity index (χ0v) is 15.1. The fraction of sp³-hybridized carbons (Fsp3) is 0.125. The first-order valence-corrected chi connectivity index (χ1v) is 9.24. The van der Waals surface area contributed by atoms with Crippen LogP contribution in [0.25, 0.3) is 11.6 Å². The topological polar surface area (TPSA) is 55.1 Å². The Kier molecular flexibility index (Phi) is 4.75. The quantitative estimate of drug-likeness (QED) is 0.737. The Morgan fingerprint density at radius 1 is 0.963 bits per heavy atom. The van der Waals surface area contributed by atoms with E-state index in [1.165, 1.54) is 27.8 Å². The number of hydrogen-bond donors (Lipinski definition) is 2. The van der Waals surface area contributed by atoms with E-state index in [1.54, 1.807) is 0 Å². The lowest BCUT2D eigenvalue weighted by atomic mass is 9.91. The number of urea groups is 1. The molecule has 4 rings (SSSR count). The van der Waals surface area contributed by atoms with Crippen molar-refractivity contribution in [3.8, 4) is 0 Å². The standard InChI is InChI=1S/C24H22N2O/c25-24(27)26-23-13-7-5-10-19(23)16-22-20-11-3-1-2-8-17(20)14-15-18-9-4-6-12-21(18)22/h2-13,16H,1,14-15H2,(H3,25,26,27)/b22-16-. The Morgan fingerprint density at radius 2 is 1.74 bits per heavy atom. The number of fused-ring (bicyclic) bond motifs is 1. The van der Waals surface area contributed by atoms with Crippen LogP contribution in [0, 0.1) is 0 Å². The summed E-state index contributed by atoms with van der Waals surface area (Å²) >= 11 is 0. The van der Waals surface area contributed by atoms with E-state index < -0.39 is 6.03 Å². The maximum absolute atomic E-state index is 11.4. The van der Waals surface area contributed by atoms with Gasteiger partial charge in [0, 0.05) is 5.69 Å². The van der Waals surface area contributed by atoms with Crippen molar-refractivity contribution in [2.75, 3.05) is 5.32 Å². The molecule has 0 saturated carbocycles. The van der Waals surface area contributed by atoms with Crippen LogP contribution in [-0.4, -0.2) is 6.03 Å². The van der Waals surface area contributed by atoms with Crippen molar-refractivity contribution in [1.82, 2.24) is 0 Å². The molecule has 3 N–H and O–H groups in total. The van der Waals surface area contributed by atoms with Gasteiger partial charge in [-0.1, -0.05) is 66.8 Å². The van der Waals surface area contributed by atoms with E-state index in [0.717, 1.165) is 30.5 Å². The van der Waals surface area contributed by atoms with Gasteiger partial charge in [-0.2, -0.15) is 0 Å². The molecule has 27 heavy (non-hydrogen) atoms. The lowest BCUT2D eigenvalue weighted by molar-refractivity contribution is 0.259. The average Bonchev–Trinajstić information content (AvgIpc) is 2.97. The SMILES string of the molecule is NC(=O)Nc1ccccc1/C=C1/C2=C(C=CCC=C2)CCc2ccccc21. The third kappa shape index (κ3) is 3.63. The summed E-state index contributed by atoms with van der Waals surface area (Å²) in [6, 6.07) is 15.8. The average molecular weight is 354 g/mol. The molecule has 0 spiro atoms. The minimum atomic E-state index is -0.556. The molecule has 0 unspecified atom stereocenters. The number of hydrogen-bond acceptors (Lipinski definition) is 1. The van der Waals surface area contributed by atoms with Crippen LogP contribution in [-0.2, 0) is 6.42 Å². The minimum absolute atomic E-state index is 0.556. The highest BCUT2D eigenvalue weighted by Gasteiger charge is 2.19. The lowest BCUT2D eigenvalue weighted by Gasteiger charge is -2.14. The van der Waals surface area contributed by atoms with Crippen molar-refractivity contribution in [2.45, 2.75) is 19.3 Å². The number of amides is 2. The van der Waals surface area contributed by atoms with Crippen LogP contribution >= 0.6 is 0 Å². The van der Waals surface area contributed by atoms with Crippen LogP contribution in [0.5, 0.6) is 0 Å². The van der Waals surface area contributed by atoms with Gasteiger partial charge in [-0.25, -0.2) is 4.79 Å². The first-order valence-electron chi connectivity index (χ1n) is 9.24. The number of anilines is 1. The Balaban J connectivity index is 1.93. The summed E-state index contributed by atoms with van der Waals surface area (Å²) in [5.41, 5.74) is 13.4. The number of primary amides is 1. The molecule has 0 heterocycles. The number of rotatable bonds is 2. The van der Waals surface area contributed by atoms with Gasteiger partial charge in [0.1, 0.15) is 0 Å². The minimum Gasteiger partial charge on any atom is -0.351 e. The van der Waals surface area contributed by atoms with Gasteiger partial charge in [0.25, 0.3) is 0 Å². The Bertz CT molecular complexity index is 1010. The fourth-order valence-corrected chi connectivity index (χ4v) is 3.75. The molecule has 0 aliphatic heterocycles. The van der Waals surface area contributed by atoms with E-state index in [1.807, 2.05) is 24.3 Å². The second-order valence-electron chi connectivity index (χ2n) is 6.77. The van der Waals surface area contributed by atoms with E-state index in [-0.39, 0.29) is 0 Å². The van der Waals surface area contributed by atoms with Gasteiger partial charge in [0.2, 0.25) is 0 Å². The molecule has 2 aliphatic carbocycles. The van der Waals surface area contributed by atoms with Crippen molar-refractivity contribution >= 4 is 23.4 Å². The lowest BCUT2D eigenvalue weighted by Crippen LogP contribution is -2.19. The fourth-order valence-electron chi connectivity index (χ4n) is 3.75. The third-order valence-corrected chi connectivity index (χ3v) is 5.00. The zero-order chi connectivity index (χ0) is 18.6. The molecule has 2 aliphatic rings. The van der Waals surface area contributed by atoms with E-state index in [0.29, 0.717) is 0 Å². The molecule has 2 aromatic carbocycles. The molecular weight excluding hydrogens is 332 g/mol. The molecule has 0 bridgehead atoms. The molecule has 3 heteroatoms. The maximum Gasteiger partial charge on any atom is 0.316 e. The number of aryl methyl sites for hydroxylation is 1. The van der Waals surface area contributed by atoms with Gasteiger partial charge >= 0.3 is 6.03 Å². The molecular formula is C24H22N2O. The van der Waals surface area contributed by atoms with Crippen molar-refractivity contribution in [1.29, 1.82) is 0 Å². The third-order valence-electron chi connectivity index (χ3n) is 5.00. The number of para-hydroxylation sites is 1. The molecule has 134 valence electrons. The molecule has 0 aromatic heterocycles. The number of nitrogens with two attached hydrogens (primary N) is 1. The summed E-state index contributed by atoms with van der Waals surface area (Å²) in [5.74, 6) is 0. The second kappa shape index (κ2) is 7.50. The molecule has 0 atom stereocenters. The highest BCUT2D eigenvalue weighted by atomic mass is 16.2. The number of allylic oxidation sites excluding steroid dienone is 7. The number of carbonyl (C=O) groups is 1.